The Bertz CT molecular complexity index is 677. The first-order chi connectivity index (χ1) is 11.1. The van der Waals surface area contributed by atoms with E-state index >= 15 is 0 Å². The normalized spacial score (nSPS) is 14.8. The number of phenols is 1. The lowest BCUT2D eigenvalue weighted by Gasteiger charge is -2.36. The highest BCUT2D eigenvalue weighted by Gasteiger charge is 2.22. The molecule has 1 aromatic heterocycles. The summed E-state index contributed by atoms with van der Waals surface area (Å²) in [5.74, 6) is 0.280. The quantitative estimate of drug-likeness (QED) is 0.891. The van der Waals surface area contributed by atoms with Gasteiger partial charge in [0, 0.05) is 51.5 Å². The third-order valence-electron chi connectivity index (χ3n) is 3.99. The smallest absolute Gasteiger partial charge is 0.317 e. The summed E-state index contributed by atoms with van der Waals surface area (Å²) in [5.41, 5.74) is 1.80. The molecule has 0 atom stereocenters. The van der Waals surface area contributed by atoms with E-state index < -0.39 is 0 Å². The molecular weight excluding hydrogens is 294 g/mol. The lowest BCUT2D eigenvalue weighted by molar-refractivity contribution is 0.194. The lowest BCUT2D eigenvalue weighted by Crippen LogP contribution is -2.51. The van der Waals surface area contributed by atoms with Crippen LogP contribution >= 0.6 is 0 Å². The van der Waals surface area contributed by atoms with Crippen LogP contribution in [0.4, 0.5) is 10.5 Å². The first kappa shape index (κ1) is 15.2. The van der Waals surface area contributed by atoms with Gasteiger partial charge in [0.1, 0.15) is 5.75 Å². The van der Waals surface area contributed by atoms with Gasteiger partial charge in [0.15, 0.2) is 0 Å². The number of anilines is 1. The molecule has 2 heterocycles. The topological polar surface area (TPSA) is 73.6 Å². The van der Waals surface area contributed by atoms with Crippen molar-refractivity contribution in [2.24, 2.45) is 7.05 Å². The van der Waals surface area contributed by atoms with E-state index in [0.29, 0.717) is 32.7 Å². The number of nitrogens with zero attached hydrogens (tertiary/aromatic N) is 4. The number of aromatic nitrogens is 2. The van der Waals surface area contributed by atoms with Gasteiger partial charge in [-0.3, -0.25) is 4.68 Å². The van der Waals surface area contributed by atoms with Crippen LogP contribution in [0.25, 0.3) is 0 Å². The van der Waals surface area contributed by atoms with Gasteiger partial charge < -0.3 is 20.2 Å². The molecule has 0 unspecified atom stereocenters. The monoisotopic (exact) mass is 315 g/mol. The Kier molecular flexibility index (Phi) is 4.36. The Morgan fingerprint density at radius 1 is 1.26 bits per heavy atom. The second kappa shape index (κ2) is 6.60. The molecule has 0 aliphatic carbocycles. The number of carbonyl (C=O) groups is 1. The van der Waals surface area contributed by atoms with E-state index in [0.717, 1.165) is 11.3 Å². The van der Waals surface area contributed by atoms with E-state index in [4.69, 9.17) is 0 Å². The first-order valence-corrected chi connectivity index (χ1v) is 7.67. The van der Waals surface area contributed by atoms with Gasteiger partial charge in [0.25, 0.3) is 0 Å². The zero-order valence-electron chi connectivity index (χ0n) is 13.1. The van der Waals surface area contributed by atoms with Gasteiger partial charge in [0.2, 0.25) is 0 Å². The molecule has 1 saturated heterocycles. The summed E-state index contributed by atoms with van der Waals surface area (Å²) in [5, 5.41) is 16.9. The second-order valence-corrected chi connectivity index (χ2v) is 5.64. The van der Waals surface area contributed by atoms with E-state index in [1.54, 1.807) is 27.9 Å². The van der Waals surface area contributed by atoms with Crippen molar-refractivity contribution in [3.8, 4) is 5.75 Å². The summed E-state index contributed by atoms with van der Waals surface area (Å²) in [4.78, 5) is 16.1. The summed E-state index contributed by atoms with van der Waals surface area (Å²) in [7, 11) is 1.85. The van der Waals surface area contributed by atoms with Gasteiger partial charge >= 0.3 is 6.03 Å². The Labute approximate surface area is 135 Å². The number of aromatic hydroxyl groups is 1. The molecule has 1 fully saturated rings. The molecule has 0 saturated carbocycles. The molecule has 0 radical (unpaired) electrons. The average Bonchev–Trinajstić information content (AvgIpc) is 2.99. The molecule has 1 aliphatic rings. The fourth-order valence-corrected chi connectivity index (χ4v) is 2.73. The molecule has 3 rings (SSSR count). The number of aryl methyl sites for hydroxylation is 1. The van der Waals surface area contributed by atoms with Crippen LogP contribution in [-0.2, 0) is 13.6 Å². The van der Waals surface area contributed by atoms with Crippen molar-refractivity contribution in [1.29, 1.82) is 0 Å². The number of urea groups is 1. The van der Waals surface area contributed by atoms with Crippen LogP contribution < -0.4 is 10.2 Å². The van der Waals surface area contributed by atoms with Crippen molar-refractivity contribution in [2.45, 2.75) is 6.54 Å². The molecule has 7 nitrogen and oxygen atoms in total. The van der Waals surface area contributed by atoms with Gasteiger partial charge in [-0.05, 0) is 12.1 Å². The minimum absolute atomic E-state index is 0.0641. The Morgan fingerprint density at radius 2 is 2.00 bits per heavy atom. The van der Waals surface area contributed by atoms with E-state index in [2.05, 4.69) is 15.3 Å². The third-order valence-corrected chi connectivity index (χ3v) is 3.99. The van der Waals surface area contributed by atoms with Crippen LogP contribution in [-0.4, -0.2) is 52.0 Å². The fourth-order valence-electron chi connectivity index (χ4n) is 2.73. The van der Waals surface area contributed by atoms with Crippen molar-refractivity contribution in [1.82, 2.24) is 20.0 Å². The Morgan fingerprint density at radius 3 is 2.65 bits per heavy atom. The van der Waals surface area contributed by atoms with Crippen molar-refractivity contribution in [3.63, 3.8) is 0 Å². The molecule has 0 bridgehead atoms. The molecule has 23 heavy (non-hydrogen) atoms. The van der Waals surface area contributed by atoms with E-state index in [-0.39, 0.29) is 11.8 Å². The highest BCUT2D eigenvalue weighted by molar-refractivity contribution is 5.74. The predicted molar refractivity (Wildman–Crippen MR) is 87.3 cm³/mol. The van der Waals surface area contributed by atoms with Crippen LogP contribution in [0.5, 0.6) is 5.75 Å². The van der Waals surface area contributed by atoms with Gasteiger partial charge in [-0.1, -0.05) is 12.1 Å². The van der Waals surface area contributed by atoms with E-state index in [1.807, 2.05) is 25.4 Å². The maximum absolute atomic E-state index is 12.2. The zero-order valence-corrected chi connectivity index (χ0v) is 13.1. The van der Waals surface area contributed by atoms with E-state index in [9.17, 15) is 9.90 Å². The number of amides is 2. The summed E-state index contributed by atoms with van der Waals surface area (Å²) in [6.45, 7) is 3.16. The lowest BCUT2D eigenvalue weighted by atomic mass is 10.2. The standard InChI is InChI=1S/C16H21N5O2/c1-19-12-13(11-18-19)10-17-16(23)21-8-6-20(7-9-21)14-4-2-3-5-15(14)22/h2-5,11-12,22H,6-10H2,1H3,(H,17,23). The SMILES string of the molecule is Cn1cc(CNC(=O)N2CCN(c3ccccc3O)CC2)cn1. The number of hydrogen-bond acceptors (Lipinski definition) is 4. The fraction of sp³-hybridized carbons (Fsp3) is 0.375. The number of piperazine rings is 1. The zero-order chi connectivity index (χ0) is 16.2. The number of phenolic OH excluding ortho intramolecular Hbond substituents is 1. The number of hydrogen-bond donors (Lipinski definition) is 2. The van der Waals surface area contributed by atoms with Crippen LogP contribution in [0.2, 0.25) is 0 Å². The summed E-state index contributed by atoms with van der Waals surface area (Å²) < 4.78 is 1.71. The third kappa shape index (κ3) is 3.56. The second-order valence-electron chi connectivity index (χ2n) is 5.64. The highest BCUT2D eigenvalue weighted by Crippen LogP contribution is 2.27. The van der Waals surface area contributed by atoms with Crippen LogP contribution in [0.15, 0.2) is 36.7 Å². The van der Waals surface area contributed by atoms with Gasteiger partial charge in [-0.25, -0.2) is 4.79 Å². The summed E-state index contributed by atoms with van der Waals surface area (Å²) in [6.07, 6.45) is 3.63. The van der Waals surface area contributed by atoms with Crippen molar-refractivity contribution in [3.05, 3.63) is 42.2 Å². The van der Waals surface area contributed by atoms with E-state index in [1.165, 1.54) is 0 Å². The minimum Gasteiger partial charge on any atom is -0.506 e. The average molecular weight is 315 g/mol. The molecule has 122 valence electrons. The summed E-state index contributed by atoms with van der Waals surface area (Å²) >= 11 is 0. The van der Waals surface area contributed by atoms with Gasteiger partial charge in [0.05, 0.1) is 11.9 Å². The largest absolute Gasteiger partial charge is 0.506 e. The van der Waals surface area contributed by atoms with Crippen LogP contribution in [0.3, 0.4) is 0 Å². The highest BCUT2D eigenvalue weighted by atomic mass is 16.3. The Hall–Kier alpha value is -2.70. The van der Waals surface area contributed by atoms with Crippen molar-refractivity contribution in [2.75, 3.05) is 31.1 Å². The summed E-state index contributed by atoms with van der Waals surface area (Å²) in [6, 6.07) is 7.23. The first-order valence-electron chi connectivity index (χ1n) is 7.67. The molecular formula is C16H21N5O2. The van der Waals surface area contributed by atoms with Crippen molar-refractivity contribution < 1.29 is 9.90 Å². The molecule has 2 N–H and O–H groups in total. The number of carbonyl (C=O) groups excluding carboxylic acids is 1. The molecule has 7 heteroatoms. The number of para-hydroxylation sites is 2. The number of rotatable bonds is 3. The molecule has 0 spiro atoms. The van der Waals surface area contributed by atoms with Crippen LogP contribution in [0.1, 0.15) is 5.56 Å². The van der Waals surface area contributed by atoms with Gasteiger partial charge in [-0.15, -0.1) is 0 Å². The number of nitrogens with one attached hydrogen (secondary N) is 1. The van der Waals surface area contributed by atoms with Crippen molar-refractivity contribution >= 4 is 11.7 Å². The predicted octanol–water partition coefficient (Wildman–Crippen LogP) is 1.16. The molecule has 2 aromatic rings. The minimum atomic E-state index is -0.0641. The number of benzene rings is 1. The van der Waals surface area contributed by atoms with Gasteiger partial charge in [-0.2, -0.15) is 5.10 Å². The maximum atomic E-state index is 12.2. The molecule has 2 amide bonds. The molecule has 1 aromatic carbocycles. The Balaban J connectivity index is 1.50. The van der Waals surface area contributed by atoms with Crippen LogP contribution in [0, 0.1) is 0 Å². The maximum Gasteiger partial charge on any atom is 0.317 e. The molecule has 1 aliphatic heterocycles.